The van der Waals surface area contributed by atoms with Crippen molar-refractivity contribution < 1.29 is 14.3 Å². The van der Waals surface area contributed by atoms with Crippen LogP contribution in [0.5, 0.6) is 5.75 Å². The first kappa shape index (κ1) is 29.9. The quantitative estimate of drug-likeness (QED) is 0.388. The Kier molecular flexibility index (Phi) is 11.1. The van der Waals surface area contributed by atoms with Gasteiger partial charge in [0.15, 0.2) is 0 Å². The predicted octanol–water partition coefficient (Wildman–Crippen LogP) is 4.84. The van der Waals surface area contributed by atoms with Crippen molar-refractivity contribution in [1.82, 2.24) is 20.0 Å². The third kappa shape index (κ3) is 7.55. The molecule has 39 heavy (non-hydrogen) atoms. The summed E-state index contributed by atoms with van der Waals surface area (Å²) in [6.07, 6.45) is 10.4. The molecule has 2 aliphatic heterocycles. The zero-order chi connectivity index (χ0) is 27.7. The second kappa shape index (κ2) is 14.5. The van der Waals surface area contributed by atoms with Crippen LogP contribution in [-0.4, -0.2) is 84.0 Å². The van der Waals surface area contributed by atoms with E-state index in [1.165, 1.54) is 37.7 Å². The highest BCUT2D eigenvalue weighted by Gasteiger charge is 2.53. The standard InChI is InChI=1S/C32H52N4O3/c1-4-7-19-36-30(37)29(24-26-11-9-8-10-12-26)33-31(38)32(36)17-20-35(21-18-32)25-27-13-15-28(16-14-27)39-23-22-34(5-2)6-3/h13-16,26,29H,4-12,17-25H2,1-3H3,(H,33,38). The highest BCUT2D eigenvalue weighted by molar-refractivity contribution is 6.00. The van der Waals surface area contributed by atoms with Gasteiger partial charge in [0, 0.05) is 32.7 Å². The summed E-state index contributed by atoms with van der Waals surface area (Å²) in [5.41, 5.74) is 0.565. The lowest BCUT2D eigenvalue weighted by Gasteiger charge is -2.52. The van der Waals surface area contributed by atoms with Gasteiger partial charge in [0.25, 0.3) is 0 Å². The number of amides is 2. The zero-order valence-corrected chi connectivity index (χ0v) is 24.8. The molecule has 4 rings (SSSR count). The first-order valence-corrected chi connectivity index (χ1v) is 15.8. The number of likely N-dealkylation sites (N-methyl/N-ethyl adjacent to an activating group) is 1. The Hall–Kier alpha value is -2.12. The van der Waals surface area contributed by atoms with Crippen molar-refractivity contribution in [3.8, 4) is 5.75 Å². The van der Waals surface area contributed by atoms with Gasteiger partial charge in [-0.25, -0.2) is 0 Å². The topological polar surface area (TPSA) is 65.1 Å². The maximum Gasteiger partial charge on any atom is 0.246 e. The Morgan fingerprint density at radius 1 is 1.00 bits per heavy atom. The van der Waals surface area contributed by atoms with Crippen molar-refractivity contribution in [3.05, 3.63) is 29.8 Å². The summed E-state index contributed by atoms with van der Waals surface area (Å²) < 4.78 is 5.95. The summed E-state index contributed by atoms with van der Waals surface area (Å²) in [7, 11) is 0. The van der Waals surface area contributed by atoms with Crippen LogP contribution in [0.3, 0.4) is 0 Å². The smallest absolute Gasteiger partial charge is 0.246 e. The summed E-state index contributed by atoms with van der Waals surface area (Å²) in [4.78, 5) is 34.2. The largest absolute Gasteiger partial charge is 0.492 e. The average Bonchev–Trinajstić information content (AvgIpc) is 2.96. The van der Waals surface area contributed by atoms with Crippen molar-refractivity contribution in [3.63, 3.8) is 0 Å². The summed E-state index contributed by atoms with van der Waals surface area (Å²) in [5, 5.41) is 3.22. The minimum absolute atomic E-state index is 0.0878. The molecule has 2 amide bonds. The van der Waals surface area contributed by atoms with Crippen LogP contribution in [0, 0.1) is 5.92 Å². The van der Waals surface area contributed by atoms with Gasteiger partial charge in [-0.3, -0.25) is 14.5 Å². The van der Waals surface area contributed by atoms with Gasteiger partial charge in [-0.15, -0.1) is 0 Å². The molecule has 1 aromatic rings. The number of hydrogen-bond donors (Lipinski definition) is 1. The van der Waals surface area contributed by atoms with E-state index in [4.69, 9.17) is 4.74 Å². The normalized spacial score (nSPS) is 22.5. The Labute approximate surface area is 236 Å². The van der Waals surface area contributed by atoms with E-state index in [2.05, 4.69) is 60.2 Å². The molecule has 2 saturated heterocycles. The molecular weight excluding hydrogens is 488 g/mol. The lowest BCUT2D eigenvalue weighted by Crippen LogP contribution is -2.73. The molecule has 0 aromatic heterocycles. The average molecular weight is 541 g/mol. The van der Waals surface area contributed by atoms with Crippen LogP contribution in [0.2, 0.25) is 0 Å². The maximum absolute atomic E-state index is 13.8. The molecule has 7 heteroatoms. The molecule has 3 fully saturated rings. The number of piperazine rings is 1. The number of piperidine rings is 1. The number of rotatable bonds is 13. The maximum atomic E-state index is 13.8. The Morgan fingerprint density at radius 3 is 2.33 bits per heavy atom. The molecule has 1 aromatic carbocycles. The lowest BCUT2D eigenvalue weighted by molar-refractivity contribution is -0.162. The minimum Gasteiger partial charge on any atom is -0.492 e. The molecule has 0 bridgehead atoms. The third-order valence-corrected chi connectivity index (χ3v) is 9.42. The van der Waals surface area contributed by atoms with E-state index in [1.807, 2.05) is 4.90 Å². The van der Waals surface area contributed by atoms with Gasteiger partial charge in [-0.05, 0) is 62.4 Å². The van der Waals surface area contributed by atoms with Gasteiger partial charge in [-0.2, -0.15) is 0 Å². The molecule has 3 aliphatic rings. The van der Waals surface area contributed by atoms with E-state index >= 15 is 0 Å². The van der Waals surface area contributed by atoms with E-state index in [0.29, 0.717) is 31.9 Å². The number of carbonyl (C=O) groups is 2. The number of hydrogen-bond acceptors (Lipinski definition) is 5. The van der Waals surface area contributed by atoms with Gasteiger partial charge in [0.1, 0.15) is 23.9 Å². The summed E-state index contributed by atoms with van der Waals surface area (Å²) >= 11 is 0. The fraction of sp³-hybridized carbons (Fsp3) is 0.750. The first-order chi connectivity index (χ1) is 19.0. The number of carbonyl (C=O) groups excluding carboxylic acids is 2. The van der Waals surface area contributed by atoms with Gasteiger partial charge >= 0.3 is 0 Å². The van der Waals surface area contributed by atoms with Crippen LogP contribution in [0.15, 0.2) is 24.3 Å². The van der Waals surface area contributed by atoms with Crippen molar-refractivity contribution in [2.45, 2.75) is 103 Å². The zero-order valence-electron chi connectivity index (χ0n) is 24.8. The molecule has 1 atom stereocenters. The number of benzene rings is 1. The van der Waals surface area contributed by atoms with Crippen molar-refractivity contribution in [2.75, 3.05) is 45.9 Å². The van der Waals surface area contributed by atoms with Crippen molar-refractivity contribution in [2.24, 2.45) is 5.92 Å². The van der Waals surface area contributed by atoms with Gasteiger partial charge < -0.3 is 19.9 Å². The molecule has 1 saturated carbocycles. The van der Waals surface area contributed by atoms with Crippen LogP contribution in [0.25, 0.3) is 0 Å². The van der Waals surface area contributed by atoms with Gasteiger partial charge in [0.2, 0.25) is 11.8 Å². The summed E-state index contributed by atoms with van der Waals surface area (Å²) in [5.74, 6) is 1.73. The Bertz CT molecular complexity index is 902. The molecular formula is C32H52N4O3. The second-order valence-electron chi connectivity index (χ2n) is 11.9. The number of nitrogens with zero attached hydrogens (tertiary/aromatic N) is 3. The molecule has 1 spiro atoms. The van der Waals surface area contributed by atoms with E-state index < -0.39 is 5.54 Å². The Morgan fingerprint density at radius 2 is 1.69 bits per heavy atom. The third-order valence-electron chi connectivity index (χ3n) is 9.42. The second-order valence-corrected chi connectivity index (χ2v) is 11.9. The molecule has 1 N–H and O–H groups in total. The Balaban J connectivity index is 1.32. The summed E-state index contributed by atoms with van der Waals surface area (Å²) in [6.45, 7) is 13.4. The van der Waals surface area contributed by atoms with Gasteiger partial charge in [0.05, 0.1) is 0 Å². The van der Waals surface area contributed by atoms with E-state index in [0.717, 1.165) is 64.3 Å². The number of ether oxygens (including phenoxy) is 1. The molecule has 1 unspecified atom stereocenters. The van der Waals surface area contributed by atoms with E-state index in [1.54, 1.807) is 0 Å². The van der Waals surface area contributed by atoms with Crippen LogP contribution in [0.4, 0.5) is 0 Å². The monoisotopic (exact) mass is 540 g/mol. The van der Waals surface area contributed by atoms with Crippen LogP contribution < -0.4 is 10.1 Å². The molecule has 1 aliphatic carbocycles. The van der Waals surface area contributed by atoms with E-state index in [-0.39, 0.29) is 17.9 Å². The van der Waals surface area contributed by atoms with E-state index in [9.17, 15) is 9.59 Å². The molecule has 218 valence electrons. The molecule has 2 heterocycles. The predicted molar refractivity (Wildman–Crippen MR) is 157 cm³/mol. The van der Waals surface area contributed by atoms with Crippen LogP contribution in [-0.2, 0) is 16.1 Å². The number of likely N-dealkylation sites (tertiary alicyclic amines) is 1. The van der Waals surface area contributed by atoms with Crippen molar-refractivity contribution in [1.29, 1.82) is 0 Å². The van der Waals surface area contributed by atoms with Gasteiger partial charge in [-0.1, -0.05) is 71.4 Å². The highest BCUT2D eigenvalue weighted by atomic mass is 16.5. The SMILES string of the molecule is CCCCN1C(=O)C(CC2CCCCC2)NC(=O)C12CCN(Cc1ccc(OCCN(CC)CC)cc1)CC2. The number of nitrogens with one attached hydrogen (secondary N) is 1. The first-order valence-electron chi connectivity index (χ1n) is 15.8. The molecule has 0 radical (unpaired) electrons. The fourth-order valence-corrected chi connectivity index (χ4v) is 6.79. The van der Waals surface area contributed by atoms with Crippen LogP contribution in [0.1, 0.15) is 90.5 Å². The lowest BCUT2D eigenvalue weighted by atomic mass is 9.79. The fourth-order valence-electron chi connectivity index (χ4n) is 6.79. The minimum atomic E-state index is -0.686. The number of unbranched alkanes of at least 4 members (excludes halogenated alkanes) is 1. The van der Waals surface area contributed by atoms with Crippen LogP contribution >= 0.6 is 0 Å². The highest BCUT2D eigenvalue weighted by Crippen LogP contribution is 2.36. The van der Waals surface area contributed by atoms with Crippen molar-refractivity contribution >= 4 is 11.8 Å². The molecule has 7 nitrogen and oxygen atoms in total. The summed E-state index contributed by atoms with van der Waals surface area (Å²) in [6, 6.07) is 8.09.